The standard InChI is InChI=1S/C16H20N4O2/c1-19-8-4-13(11-15(19)21)12-5-9-20(10-6-12)16-17-7-3-14(18-16)22-2/h3-4,7-8,11-12H,5-6,9-10H2,1-2H3. The third kappa shape index (κ3) is 2.95. The summed E-state index contributed by atoms with van der Waals surface area (Å²) < 4.78 is 6.75. The lowest BCUT2D eigenvalue weighted by atomic mass is 9.90. The van der Waals surface area contributed by atoms with Crippen LogP contribution >= 0.6 is 0 Å². The molecule has 0 spiro atoms. The number of ether oxygens (including phenoxy) is 1. The largest absolute Gasteiger partial charge is 0.481 e. The molecule has 0 amide bonds. The van der Waals surface area contributed by atoms with Gasteiger partial charge in [-0.05, 0) is 30.4 Å². The number of pyridine rings is 1. The second-order valence-corrected chi connectivity index (χ2v) is 5.57. The summed E-state index contributed by atoms with van der Waals surface area (Å²) in [7, 11) is 3.38. The molecular formula is C16H20N4O2. The third-order valence-electron chi connectivity index (χ3n) is 4.20. The monoisotopic (exact) mass is 300 g/mol. The van der Waals surface area contributed by atoms with Crippen molar-refractivity contribution in [3.63, 3.8) is 0 Å². The van der Waals surface area contributed by atoms with Crippen LogP contribution in [0.3, 0.4) is 0 Å². The molecular weight excluding hydrogens is 280 g/mol. The van der Waals surface area contributed by atoms with Gasteiger partial charge in [-0.25, -0.2) is 4.98 Å². The minimum Gasteiger partial charge on any atom is -0.481 e. The van der Waals surface area contributed by atoms with Crippen LogP contribution in [-0.4, -0.2) is 34.7 Å². The Labute approximate surface area is 129 Å². The molecule has 0 aromatic carbocycles. The maximum Gasteiger partial charge on any atom is 0.250 e. The minimum atomic E-state index is 0.0519. The average molecular weight is 300 g/mol. The number of aryl methyl sites for hydroxylation is 1. The van der Waals surface area contributed by atoms with E-state index >= 15 is 0 Å². The Morgan fingerprint density at radius 1 is 1.27 bits per heavy atom. The molecule has 1 fully saturated rings. The van der Waals surface area contributed by atoms with Gasteiger partial charge in [0.2, 0.25) is 11.8 Å². The van der Waals surface area contributed by atoms with Crippen LogP contribution in [0.4, 0.5) is 5.95 Å². The van der Waals surface area contributed by atoms with Crippen LogP contribution < -0.4 is 15.2 Å². The Morgan fingerprint density at radius 3 is 2.73 bits per heavy atom. The zero-order valence-corrected chi connectivity index (χ0v) is 12.9. The predicted molar refractivity (Wildman–Crippen MR) is 84.5 cm³/mol. The Balaban J connectivity index is 1.69. The normalized spacial score (nSPS) is 15.8. The van der Waals surface area contributed by atoms with E-state index in [-0.39, 0.29) is 5.56 Å². The van der Waals surface area contributed by atoms with E-state index in [1.807, 2.05) is 12.3 Å². The highest BCUT2D eigenvalue weighted by atomic mass is 16.5. The lowest BCUT2D eigenvalue weighted by molar-refractivity contribution is 0.395. The van der Waals surface area contributed by atoms with Crippen molar-refractivity contribution < 1.29 is 4.74 Å². The summed E-state index contributed by atoms with van der Waals surface area (Å²) in [4.78, 5) is 22.6. The van der Waals surface area contributed by atoms with E-state index in [0.717, 1.165) is 31.5 Å². The van der Waals surface area contributed by atoms with Gasteiger partial charge in [0.1, 0.15) is 0 Å². The molecule has 0 bridgehead atoms. The average Bonchev–Trinajstić information content (AvgIpc) is 2.57. The van der Waals surface area contributed by atoms with Gasteiger partial charge in [-0.3, -0.25) is 4.79 Å². The number of piperidine rings is 1. The summed E-state index contributed by atoms with van der Waals surface area (Å²) >= 11 is 0. The number of nitrogens with zero attached hydrogens (tertiary/aromatic N) is 4. The molecule has 6 nitrogen and oxygen atoms in total. The minimum absolute atomic E-state index is 0.0519. The molecule has 0 unspecified atom stereocenters. The van der Waals surface area contributed by atoms with E-state index in [9.17, 15) is 4.79 Å². The molecule has 3 heterocycles. The smallest absolute Gasteiger partial charge is 0.250 e. The fourth-order valence-corrected chi connectivity index (χ4v) is 2.83. The van der Waals surface area contributed by atoms with Gasteiger partial charge >= 0.3 is 0 Å². The molecule has 1 aliphatic heterocycles. The molecule has 0 N–H and O–H groups in total. The summed E-state index contributed by atoms with van der Waals surface area (Å²) in [5, 5.41) is 0. The SMILES string of the molecule is COc1ccnc(N2CCC(c3ccn(C)c(=O)c3)CC2)n1. The van der Waals surface area contributed by atoms with Crippen LogP contribution in [0.1, 0.15) is 24.3 Å². The second-order valence-electron chi connectivity index (χ2n) is 5.57. The number of aromatic nitrogens is 3. The maximum atomic E-state index is 11.8. The van der Waals surface area contributed by atoms with E-state index in [1.54, 1.807) is 37.1 Å². The maximum absolute atomic E-state index is 11.8. The number of methoxy groups -OCH3 is 1. The third-order valence-corrected chi connectivity index (χ3v) is 4.20. The van der Waals surface area contributed by atoms with Crippen molar-refractivity contribution in [3.05, 3.63) is 46.5 Å². The van der Waals surface area contributed by atoms with Crippen LogP contribution in [0.5, 0.6) is 5.88 Å². The number of anilines is 1. The molecule has 0 atom stereocenters. The summed E-state index contributed by atoms with van der Waals surface area (Å²) in [5.41, 5.74) is 1.19. The van der Waals surface area contributed by atoms with Crippen molar-refractivity contribution in [2.45, 2.75) is 18.8 Å². The summed E-state index contributed by atoms with van der Waals surface area (Å²) in [6, 6.07) is 5.54. The number of rotatable bonds is 3. The van der Waals surface area contributed by atoms with Crippen molar-refractivity contribution in [2.75, 3.05) is 25.1 Å². The summed E-state index contributed by atoms with van der Waals surface area (Å²) in [6.45, 7) is 1.76. The Morgan fingerprint density at radius 2 is 2.05 bits per heavy atom. The molecule has 2 aromatic rings. The van der Waals surface area contributed by atoms with Gasteiger partial charge < -0.3 is 14.2 Å². The van der Waals surface area contributed by atoms with Crippen LogP contribution in [-0.2, 0) is 7.05 Å². The first kappa shape index (κ1) is 14.6. The van der Waals surface area contributed by atoms with E-state index in [4.69, 9.17) is 4.74 Å². The fraction of sp³-hybridized carbons (Fsp3) is 0.438. The first-order valence-electron chi connectivity index (χ1n) is 7.46. The van der Waals surface area contributed by atoms with Gasteiger partial charge in [0.05, 0.1) is 7.11 Å². The molecule has 1 saturated heterocycles. The van der Waals surface area contributed by atoms with Crippen molar-refractivity contribution in [2.24, 2.45) is 7.05 Å². The van der Waals surface area contributed by atoms with Crippen molar-refractivity contribution in [1.29, 1.82) is 0 Å². The van der Waals surface area contributed by atoms with Crippen LogP contribution in [0.2, 0.25) is 0 Å². The zero-order valence-electron chi connectivity index (χ0n) is 12.9. The van der Waals surface area contributed by atoms with Crippen LogP contribution in [0, 0.1) is 0 Å². The first-order chi connectivity index (χ1) is 10.7. The number of hydrogen-bond acceptors (Lipinski definition) is 5. The zero-order chi connectivity index (χ0) is 15.5. The van der Waals surface area contributed by atoms with Gasteiger partial charge in [-0.1, -0.05) is 0 Å². The van der Waals surface area contributed by atoms with Gasteiger partial charge in [0.25, 0.3) is 5.56 Å². The second kappa shape index (κ2) is 6.17. The van der Waals surface area contributed by atoms with Gasteiger partial charge in [-0.2, -0.15) is 4.98 Å². The molecule has 0 aliphatic carbocycles. The fourth-order valence-electron chi connectivity index (χ4n) is 2.83. The lowest BCUT2D eigenvalue weighted by Gasteiger charge is -2.32. The van der Waals surface area contributed by atoms with Gasteiger partial charge in [0.15, 0.2) is 0 Å². The number of hydrogen-bond donors (Lipinski definition) is 0. The summed E-state index contributed by atoms with van der Waals surface area (Å²) in [6.07, 6.45) is 5.55. The Bertz CT molecular complexity index is 705. The van der Waals surface area contributed by atoms with E-state index in [1.165, 1.54) is 0 Å². The van der Waals surface area contributed by atoms with Crippen molar-refractivity contribution in [1.82, 2.24) is 14.5 Å². The first-order valence-corrected chi connectivity index (χ1v) is 7.46. The molecule has 2 aromatic heterocycles. The van der Waals surface area contributed by atoms with Crippen molar-refractivity contribution in [3.8, 4) is 5.88 Å². The van der Waals surface area contributed by atoms with E-state index < -0.39 is 0 Å². The Kier molecular flexibility index (Phi) is 4.09. The van der Waals surface area contributed by atoms with Crippen molar-refractivity contribution >= 4 is 5.95 Å². The van der Waals surface area contributed by atoms with E-state index in [2.05, 4.69) is 14.9 Å². The van der Waals surface area contributed by atoms with E-state index in [0.29, 0.717) is 17.7 Å². The molecule has 3 rings (SSSR count). The molecule has 0 radical (unpaired) electrons. The van der Waals surface area contributed by atoms with Crippen LogP contribution in [0.15, 0.2) is 35.4 Å². The highest BCUT2D eigenvalue weighted by molar-refractivity contribution is 5.33. The van der Waals surface area contributed by atoms with Gasteiger partial charge in [-0.15, -0.1) is 0 Å². The quantitative estimate of drug-likeness (QED) is 0.861. The van der Waals surface area contributed by atoms with Crippen LogP contribution in [0.25, 0.3) is 0 Å². The molecule has 0 saturated carbocycles. The van der Waals surface area contributed by atoms with Gasteiger partial charge in [0, 0.05) is 44.7 Å². The highest BCUT2D eigenvalue weighted by Crippen LogP contribution is 2.28. The summed E-state index contributed by atoms with van der Waals surface area (Å²) in [5.74, 6) is 1.72. The predicted octanol–water partition coefficient (Wildman–Crippen LogP) is 1.57. The lowest BCUT2D eigenvalue weighted by Crippen LogP contribution is -2.34. The highest BCUT2D eigenvalue weighted by Gasteiger charge is 2.22. The molecule has 1 aliphatic rings. The molecule has 116 valence electrons. The molecule has 22 heavy (non-hydrogen) atoms. The Hall–Kier alpha value is -2.37. The topological polar surface area (TPSA) is 60.2 Å². The molecule has 6 heteroatoms.